The van der Waals surface area contributed by atoms with Gasteiger partial charge in [0.2, 0.25) is 4.96 Å². The molecule has 0 fully saturated rings. The van der Waals surface area contributed by atoms with Crippen LogP contribution in [-0.2, 0) is 13.1 Å². The molecular formula is C12H15N7OS. The minimum absolute atomic E-state index is 0.161. The quantitative estimate of drug-likeness (QED) is 0.724. The van der Waals surface area contributed by atoms with Crippen molar-refractivity contribution >= 4 is 16.3 Å². The highest BCUT2D eigenvalue weighted by Crippen LogP contribution is 2.12. The number of aryl methyl sites for hydroxylation is 1. The predicted molar refractivity (Wildman–Crippen MR) is 78.4 cm³/mol. The van der Waals surface area contributed by atoms with Crippen molar-refractivity contribution in [3.8, 4) is 0 Å². The lowest BCUT2D eigenvalue weighted by Gasteiger charge is -1.95. The number of fused-ring (bicyclic) bond motifs is 1. The molecule has 3 aromatic rings. The second-order valence-corrected chi connectivity index (χ2v) is 5.65. The van der Waals surface area contributed by atoms with E-state index in [-0.39, 0.29) is 5.56 Å². The zero-order valence-electron chi connectivity index (χ0n) is 11.8. The maximum absolute atomic E-state index is 11.8. The zero-order chi connectivity index (χ0) is 14.8. The number of hydrogen-bond acceptors (Lipinski definition) is 7. The minimum Gasteiger partial charge on any atom is -0.311 e. The third-order valence-electron chi connectivity index (χ3n) is 2.85. The lowest BCUT2D eigenvalue weighted by atomic mass is 10.4. The van der Waals surface area contributed by atoms with Crippen LogP contribution < -0.4 is 10.9 Å². The van der Waals surface area contributed by atoms with Crippen LogP contribution in [0.5, 0.6) is 0 Å². The fraction of sp³-hybridized carbons (Fsp3) is 0.417. The van der Waals surface area contributed by atoms with Crippen LogP contribution in [0.3, 0.4) is 0 Å². The largest absolute Gasteiger partial charge is 0.311 e. The third-order valence-corrected chi connectivity index (χ3v) is 3.75. The van der Waals surface area contributed by atoms with E-state index in [0.717, 1.165) is 17.2 Å². The summed E-state index contributed by atoms with van der Waals surface area (Å²) >= 11 is 1.38. The molecule has 1 N–H and O–H groups in total. The van der Waals surface area contributed by atoms with E-state index in [0.29, 0.717) is 23.7 Å². The summed E-state index contributed by atoms with van der Waals surface area (Å²) in [5, 5.41) is 16.4. The van der Waals surface area contributed by atoms with Crippen molar-refractivity contribution in [2.24, 2.45) is 0 Å². The molecule has 0 saturated heterocycles. The summed E-state index contributed by atoms with van der Waals surface area (Å²) in [6.07, 6.45) is 1.87. The van der Waals surface area contributed by atoms with E-state index in [1.54, 1.807) is 11.6 Å². The van der Waals surface area contributed by atoms with Gasteiger partial charge in [-0.15, -0.1) is 5.10 Å². The summed E-state index contributed by atoms with van der Waals surface area (Å²) in [5.41, 5.74) is 1.42. The zero-order valence-corrected chi connectivity index (χ0v) is 12.6. The molecule has 0 aliphatic heterocycles. The van der Waals surface area contributed by atoms with E-state index in [9.17, 15) is 4.79 Å². The van der Waals surface area contributed by atoms with Crippen LogP contribution in [0.25, 0.3) is 4.96 Å². The first-order chi connectivity index (χ1) is 10.2. The molecule has 0 unspecified atom stereocenters. The van der Waals surface area contributed by atoms with Crippen molar-refractivity contribution < 1.29 is 0 Å². The number of hydrogen-bond donors (Lipinski definition) is 1. The first-order valence-corrected chi connectivity index (χ1v) is 7.43. The number of rotatable bonds is 5. The maximum Gasteiger partial charge on any atom is 0.275 e. The van der Waals surface area contributed by atoms with Crippen LogP contribution in [0.2, 0.25) is 0 Å². The highest BCUT2D eigenvalue weighted by atomic mass is 32.1. The van der Waals surface area contributed by atoms with Gasteiger partial charge in [-0.05, 0) is 13.5 Å². The lowest BCUT2D eigenvalue weighted by molar-refractivity contribution is 0.637. The molecule has 21 heavy (non-hydrogen) atoms. The van der Waals surface area contributed by atoms with Gasteiger partial charge in [-0.1, -0.05) is 23.5 Å². The van der Waals surface area contributed by atoms with Crippen LogP contribution in [-0.4, -0.2) is 36.1 Å². The predicted octanol–water partition coefficient (Wildman–Crippen LogP) is 0.209. The minimum atomic E-state index is -0.161. The average molecular weight is 305 g/mol. The topological polar surface area (TPSA) is 90.0 Å². The Morgan fingerprint density at radius 3 is 3.10 bits per heavy atom. The number of aromatic nitrogens is 6. The molecule has 0 saturated carbocycles. The van der Waals surface area contributed by atoms with Gasteiger partial charge >= 0.3 is 0 Å². The molecule has 0 spiro atoms. The smallest absolute Gasteiger partial charge is 0.275 e. The molecule has 0 amide bonds. The highest BCUT2D eigenvalue weighted by molar-refractivity contribution is 7.16. The molecule has 0 aromatic carbocycles. The molecule has 8 nitrogen and oxygen atoms in total. The van der Waals surface area contributed by atoms with Gasteiger partial charge in [0.05, 0.1) is 18.4 Å². The van der Waals surface area contributed by atoms with Gasteiger partial charge in [-0.3, -0.25) is 4.79 Å². The van der Waals surface area contributed by atoms with E-state index in [1.807, 2.05) is 13.1 Å². The molecular weight excluding hydrogens is 290 g/mol. The Morgan fingerprint density at radius 1 is 1.43 bits per heavy atom. The Labute approximate surface area is 124 Å². The molecule has 3 heterocycles. The van der Waals surface area contributed by atoms with Gasteiger partial charge < -0.3 is 5.32 Å². The summed E-state index contributed by atoms with van der Waals surface area (Å²) in [7, 11) is 0. The molecule has 3 rings (SSSR count). The van der Waals surface area contributed by atoms with Gasteiger partial charge in [-0.25, -0.2) is 9.67 Å². The second-order valence-electron chi connectivity index (χ2n) is 4.61. The Balaban J connectivity index is 1.83. The van der Waals surface area contributed by atoms with Crippen LogP contribution in [0.4, 0.5) is 0 Å². The molecule has 3 aromatic heterocycles. The Hall–Kier alpha value is -2.13. The highest BCUT2D eigenvalue weighted by Gasteiger charge is 2.09. The number of nitrogens with one attached hydrogen (secondary N) is 1. The van der Waals surface area contributed by atoms with E-state index < -0.39 is 0 Å². The molecule has 0 bridgehead atoms. The Bertz CT molecular complexity index is 818. The van der Waals surface area contributed by atoms with Gasteiger partial charge in [-0.2, -0.15) is 9.61 Å². The van der Waals surface area contributed by atoms with Crippen LogP contribution in [0, 0.1) is 6.92 Å². The molecule has 110 valence electrons. The Morgan fingerprint density at radius 2 is 2.29 bits per heavy atom. The summed E-state index contributed by atoms with van der Waals surface area (Å²) in [4.78, 5) is 16.7. The summed E-state index contributed by atoms with van der Waals surface area (Å²) in [6, 6.07) is 1.47. The van der Waals surface area contributed by atoms with Gasteiger partial charge in [0.25, 0.3) is 5.56 Å². The average Bonchev–Trinajstić information content (AvgIpc) is 3.03. The normalized spacial score (nSPS) is 11.3. The van der Waals surface area contributed by atoms with Crippen LogP contribution in [0.15, 0.2) is 17.1 Å². The summed E-state index contributed by atoms with van der Waals surface area (Å²) < 4.78 is 3.03. The SMILES string of the molecule is CCNCc1cn(Cc2nn3c(=O)cc(C)nc3s2)nn1. The van der Waals surface area contributed by atoms with E-state index >= 15 is 0 Å². The first kappa shape index (κ1) is 13.8. The molecule has 0 aliphatic rings. The molecule has 0 radical (unpaired) electrons. The van der Waals surface area contributed by atoms with E-state index in [2.05, 4.69) is 25.7 Å². The molecule has 9 heteroatoms. The van der Waals surface area contributed by atoms with Crippen LogP contribution in [0.1, 0.15) is 23.3 Å². The number of nitrogens with zero attached hydrogens (tertiary/aromatic N) is 6. The third kappa shape index (κ3) is 2.98. The van der Waals surface area contributed by atoms with Crippen LogP contribution >= 0.6 is 11.3 Å². The van der Waals surface area contributed by atoms with Gasteiger partial charge in [0, 0.05) is 18.3 Å². The second kappa shape index (κ2) is 5.70. The van der Waals surface area contributed by atoms with Gasteiger partial charge in [0.15, 0.2) is 0 Å². The van der Waals surface area contributed by atoms with E-state index in [4.69, 9.17) is 0 Å². The first-order valence-electron chi connectivity index (χ1n) is 6.62. The maximum atomic E-state index is 11.8. The van der Waals surface area contributed by atoms with Crippen molar-refractivity contribution in [3.63, 3.8) is 0 Å². The molecule has 0 aliphatic carbocycles. The standard InChI is InChI=1S/C12H15N7OS/c1-3-13-5-9-6-18(17-15-9)7-10-16-19-11(20)4-8(2)14-12(19)21-10/h4,6,13H,3,5,7H2,1-2H3. The fourth-order valence-corrected chi connectivity index (χ4v) is 2.85. The van der Waals surface area contributed by atoms with Crippen molar-refractivity contribution in [2.75, 3.05) is 6.54 Å². The lowest BCUT2D eigenvalue weighted by Crippen LogP contribution is -2.14. The van der Waals surface area contributed by atoms with Crippen molar-refractivity contribution in [2.45, 2.75) is 26.9 Å². The fourth-order valence-electron chi connectivity index (χ4n) is 1.91. The molecule has 0 atom stereocenters. The Kier molecular flexibility index (Phi) is 3.76. The summed E-state index contributed by atoms with van der Waals surface area (Å²) in [5.74, 6) is 0. The monoisotopic (exact) mass is 305 g/mol. The van der Waals surface area contributed by atoms with Crippen molar-refractivity contribution in [1.82, 2.24) is 34.9 Å². The summed E-state index contributed by atoms with van der Waals surface area (Å²) in [6.45, 7) is 5.89. The van der Waals surface area contributed by atoms with Crippen molar-refractivity contribution in [3.05, 3.63) is 39.0 Å². The van der Waals surface area contributed by atoms with Crippen molar-refractivity contribution in [1.29, 1.82) is 0 Å². The van der Waals surface area contributed by atoms with Gasteiger partial charge in [0.1, 0.15) is 5.01 Å². The van der Waals surface area contributed by atoms with E-state index in [1.165, 1.54) is 21.9 Å².